The fourth-order valence-corrected chi connectivity index (χ4v) is 3.48. The van der Waals surface area contributed by atoms with Gasteiger partial charge in [-0.05, 0) is 32.6 Å². The summed E-state index contributed by atoms with van der Waals surface area (Å²) in [4.78, 5) is 66.2. The van der Waals surface area contributed by atoms with Crippen LogP contribution in [-0.4, -0.2) is 55.1 Å². The maximum absolute atomic E-state index is 11.4. The number of ether oxygens (including phenoxy) is 6. The minimum absolute atomic E-state index is 0.0562. The van der Waals surface area contributed by atoms with Gasteiger partial charge in [-0.1, -0.05) is 48.0 Å². The molecular formula is C30H46O14. The Hall–Kier alpha value is -3.84. The molecule has 0 radical (unpaired) electrons. The lowest BCUT2D eigenvalue weighted by molar-refractivity contribution is -0.172. The third-order valence-corrected chi connectivity index (χ3v) is 6.10. The zero-order valence-electron chi connectivity index (χ0n) is 26.8. The summed E-state index contributed by atoms with van der Waals surface area (Å²) in [6.07, 6.45) is 3.21. The number of esters is 4. The molecule has 0 aromatic carbocycles. The molecule has 1 saturated carbocycles. The molecule has 0 amide bonds. The minimum atomic E-state index is -0.906. The van der Waals surface area contributed by atoms with Crippen LogP contribution in [0.25, 0.3) is 0 Å². The molecule has 250 valence electrons. The molecule has 14 nitrogen and oxygen atoms in total. The molecule has 1 aromatic heterocycles. The van der Waals surface area contributed by atoms with Gasteiger partial charge in [0.15, 0.2) is 18.1 Å². The average molecular weight is 631 g/mol. The number of aryl methyl sites for hydroxylation is 1. The molecule has 1 saturated heterocycles. The topological polar surface area (TPSA) is 184 Å². The van der Waals surface area contributed by atoms with Crippen LogP contribution in [0, 0.1) is 24.7 Å². The molecule has 1 aliphatic heterocycles. The van der Waals surface area contributed by atoms with Crippen molar-refractivity contribution in [3.63, 3.8) is 0 Å². The predicted molar refractivity (Wildman–Crippen MR) is 152 cm³/mol. The van der Waals surface area contributed by atoms with Gasteiger partial charge in [-0.3, -0.25) is 14.4 Å². The highest BCUT2D eigenvalue weighted by atomic mass is 16.8. The highest BCUT2D eigenvalue weighted by Gasteiger charge is 2.30. The maximum Gasteiger partial charge on any atom is 0.519 e. The summed E-state index contributed by atoms with van der Waals surface area (Å²) in [5.74, 6) is -2.34. The van der Waals surface area contributed by atoms with E-state index in [4.69, 9.17) is 23.7 Å². The van der Waals surface area contributed by atoms with E-state index in [2.05, 4.69) is 13.6 Å². The fourth-order valence-electron chi connectivity index (χ4n) is 3.48. The quantitative estimate of drug-likeness (QED) is 0.207. The van der Waals surface area contributed by atoms with Crippen molar-refractivity contribution in [2.45, 2.75) is 119 Å². The van der Waals surface area contributed by atoms with Crippen LogP contribution in [0.15, 0.2) is 13.6 Å². The Kier molecular flexibility index (Phi) is 16.9. The molecule has 44 heavy (non-hydrogen) atoms. The number of rotatable bonds is 9. The second-order valence-corrected chi connectivity index (χ2v) is 11.1. The van der Waals surface area contributed by atoms with E-state index in [-0.39, 0.29) is 48.2 Å². The molecule has 1 aliphatic carbocycles. The van der Waals surface area contributed by atoms with Crippen molar-refractivity contribution in [2.75, 3.05) is 6.61 Å². The van der Waals surface area contributed by atoms with Crippen LogP contribution in [0.1, 0.15) is 98.5 Å². The normalized spacial score (nSPS) is 17.0. The van der Waals surface area contributed by atoms with Crippen LogP contribution in [0.4, 0.5) is 4.79 Å². The monoisotopic (exact) mass is 630 g/mol. The lowest BCUT2D eigenvalue weighted by atomic mass is 9.98. The zero-order chi connectivity index (χ0) is 33.4. The molecule has 3 rings (SSSR count). The van der Waals surface area contributed by atoms with E-state index in [0.717, 1.165) is 25.7 Å². The van der Waals surface area contributed by atoms with E-state index >= 15 is 0 Å². The summed E-state index contributed by atoms with van der Waals surface area (Å²) in [5.41, 5.74) is 0. The number of carbonyl (C=O) groups excluding carboxylic acids is 5. The van der Waals surface area contributed by atoms with Crippen LogP contribution in [0.3, 0.4) is 0 Å². The van der Waals surface area contributed by atoms with Gasteiger partial charge < -0.3 is 37.3 Å². The molecule has 2 atom stereocenters. The Morgan fingerprint density at radius 1 is 0.750 bits per heavy atom. The number of carbonyl (C=O) groups is 5. The van der Waals surface area contributed by atoms with Crippen LogP contribution in [0.5, 0.6) is 0 Å². The Morgan fingerprint density at radius 2 is 1.34 bits per heavy atom. The SMILES string of the molecule is CC(C)C(=O)OC1CCOC1=O.CC(OC(=O)OC1CCCCC1)OC(=O)C(C)C.Cc1oc(=O)oc1COC(=O)C(C)C. The summed E-state index contributed by atoms with van der Waals surface area (Å²) < 4.78 is 38.5. The van der Waals surface area contributed by atoms with E-state index in [1.54, 1.807) is 48.5 Å². The highest BCUT2D eigenvalue weighted by Crippen LogP contribution is 2.21. The van der Waals surface area contributed by atoms with E-state index < -0.39 is 36.3 Å². The molecule has 2 fully saturated rings. The maximum atomic E-state index is 11.4. The highest BCUT2D eigenvalue weighted by molar-refractivity contribution is 5.81. The summed E-state index contributed by atoms with van der Waals surface area (Å²) in [5, 5.41) is 0. The first-order valence-electron chi connectivity index (χ1n) is 14.8. The Bertz CT molecular complexity index is 1120. The fraction of sp³-hybridized carbons (Fsp3) is 0.733. The van der Waals surface area contributed by atoms with Crippen LogP contribution < -0.4 is 5.82 Å². The van der Waals surface area contributed by atoms with Crippen molar-refractivity contribution >= 4 is 30.0 Å². The van der Waals surface area contributed by atoms with Gasteiger partial charge in [-0.25, -0.2) is 14.4 Å². The van der Waals surface area contributed by atoms with Gasteiger partial charge >= 0.3 is 35.9 Å². The van der Waals surface area contributed by atoms with Crippen molar-refractivity contribution in [1.82, 2.24) is 0 Å². The van der Waals surface area contributed by atoms with Gasteiger partial charge in [0.05, 0.1) is 24.4 Å². The third kappa shape index (κ3) is 15.1. The molecule has 2 unspecified atom stereocenters. The Balaban J connectivity index is 0.000000337. The first kappa shape index (κ1) is 38.2. The number of cyclic esters (lactones) is 1. The number of hydrogen-bond acceptors (Lipinski definition) is 14. The van der Waals surface area contributed by atoms with Crippen molar-refractivity contribution in [2.24, 2.45) is 17.8 Å². The van der Waals surface area contributed by atoms with E-state index in [1.165, 1.54) is 13.3 Å². The van der Waals surface area contributed by atoms with Crippen LogP contribution >= 0.6 is 0 Å². The lowest BCUT2D eigenvalue weighted by Gasteiger charge is -2.22. The van der Waals surface area contributed by atoms with Crippen molar-refractivity contribution < 1.29 is 61.2 Å². The first-order valence-corrected chi connectivity index (χ1v) is 14.8. The summed E-state index contributed by atoms with van der Waals surface area (Å²) >= 11 is 0. The first-order chi connectivity index (χ1) is 20.6. The molecule has 0 bridgehead atoms. The molecule has 1 aromatic rings. The predicted octanol–water partition coefficient (Wildman–Crippen LogP) is 4.76. The second-order valence-electron chi connectivity index (χ2n) is 11.1. The Morgan fingerprint density at radius 3 is 1.82 bits per heavy atom. The molecule has 0 spiro atoms. The van der Waals surface area contributed by atoms with Gasteiger partial charge in [0.2, 0.25) is 12.4 Å². The summed E-state index contributed by atoms with van der Waals surface area (Å²) in [7, 11) is 0. The minimum Gasteiger partial charge on any atom is -0.463 e. The van der Waals surface area contributed by atoms with Gasteiger partial charge in [0.1, 0.15) is 6.10 Å². The van der Waals surface area contributed by atoms with Gasteiger partial charge in [-0.2, -0.15) is 0 Å². The molecular weight excluding hydrogens is 584 g/mol. The molecule has 2 heterocycles. The molecule has 0 N–H and O–H groups in total. The molecule has 2 aliphatic rings. The Labute approximate surface area is 257 Å². The summed E-state index contributed by atoms with van der Waals surface area (Å²) in [6.45, 7) is 13.7. The zero-order valence-corrected chi connectivity index (χ0v) is 26.8. The van der Waals surface area contributed by atoms with Crippen LogP contribution in [-0.2, 0) is 54.2 Å². The largest absolute Gasteiger partial charge is 0.519 e. The smallest absolute Gasteiger partial charge is 0.463 e. The third-order valence-electron chi connectivity index (χ3n) is 6.10. The van der Waals surface area contributed by atoms with Crippen molar-refractivity contribution in [1.29, 1.82) is 0 Å². The average Bonchev–Trinajstić information content (AvgIpc) is 3.50. The van der Waals surface area contributed by atoms with Crippen molar-refractivity contribution in [3.05, 3.63) is 22.1 Å². The van der Waals surface area contributed by atoms with Crippen LogP contribution in [0.2, 0.25) is 0 Å². The van der Waals surface area contributed by atoms with E-state index in [1.807, 2.05) is 0 Å². The van der Waals surface area contributed by atoms with E-state index in [9.17, 15) is 28.8 Å². The van der Waals surface area contributed by atoms with E-state index in [0.29, 0.717) is 18.8 Å². The van der Waals surface area contributed by atoms with Gasteiger partial charge in [0.25, 0.3) is 0 Å². The van der Waals surface area contributed by atoms with Gasteiger partial charge in [-0.15, -0.1) is 0 Å². The second kappa shape index (κ2) is 19.4. The summed E-state index contributed by atoms with van der Waals surface area (Å²) in [6, 6.07) is 0. The number of hydrogen-bond donors (Lipinski definition) is 0. The van der Waals surface area contributed by atoms with Crippen molar-refractivity contribution in [3.8, 4) is 0 Å². The van der Waals surface area contributed by atoms with Gasteiger partial charge in [0, 0.05) is 13.3 Å². The lowest BCUT2D eigenvalue weighted by Crippen LogP contribution is -2.27. The standard InChI is InChI=1S/C13H22O5.C9H12O5.C8H12O4/c1-9(2)12(14)16-10(3)17-13(15)18-11-7-5-4-6-8-11;1-5(2)8(10)12-4-7-6(3)13-9(11)14-7;1-5(2)7(9)12-6-3-4-11-8(6)10/h9-11H,4-8H2,1-3H3;5H,4H2,1-3H3;5-6H,3-4H2,1-2H3. The molecule has 14 heteroatoms.